The van der Waals surface area contributed by atoms with E-state index in [1.807, 2.05) is 6.07 Å². The van der Waals surface area contributed by atoms with E-state index >= 15 is 0 Å². The van der Waals surface area contributed by atoms with Gasteiger partial charge < -0.3 is 5.32 Å². The molecule has 1 aliphatic carbocycles. The van der Waals surface area contributed by atoms with Gasteiger partial charge in [-0.1, -0.05) is 25.7 Å². The van der Waals surface area contributed by atoms with Gasteiger partial charge in [0.25, 0.3) is 0 Å². The molecule has 1 amide bonds. The smallest absolute Gasteiger partial charge is 0.225 e. The molecule has 100 valence electrons. The molecule has 19 heavy (non-hydrogen) atoms. The van der Waals surface area contributed by atoms with Crippen molar-refractivity contribution in [1.82, 2.24) is 4.98 Å². The van der Waals surface area contributed by atoms with Crippen LogP contribution < -0.4 is 5.32 Å². The number of nitrogens with zero attached hydrogens (tertiary/aromatic N) is 2. The van der Waals surface area contributed by atoms with Crippen molar-refractivity contribution in [3.05, 3.63) is 23.9 Å². The van der Waals surface area contributed by atoms with Crippen molar-refractivity contribution in [1.29, 1.82) is 5.26 Å². The zero-order valence-corrected chi connectivity index (χ0v) is 11.1. The van der Waals surface area contributed by atoms with Crippen molar-refractivity contribution in [2.75, 3.05) is 5.32 Å². The second kappa shape index (κ2) is 6.89. The van der Waals surface area contributed by atoms with Gasteiger partial charge in [0, 0.05) is 12.6 Å². The summed E-state index contributed by atoms with van der Waals surface area (Å²) in [5, 5.41) is 11.5. The van der Waals surface area contributed by atoms with E-state index in [1.54, 1.807) is 12.1 Å². The largest absolute Gasteiger partial charge is 0.311 e. The number of hydrogen-bond donors (Lipinski definition) is 1. The van der Waals surface area contributed by atoms with Crippen LogP contribution in [0.2, 0.25) is 0 Å². The van der Waals surface area contributed by atoms with Gasteiger partial charge in [0.05, 0.1) is 5.56 Å². The number of hydrogen-bond acceptors (Lipinski definition) is 3. The van der Waals surface area contributed by atoms with Crippen LogP contribution in [0.5, 0.6) is 0 Å². The zero-order valence-electron chi connectivity index (χ0n) is 11.1. The molecule has 1 fully saturated rings. The number of pyridine rings is 1. The van der Waals surface area contributed by atoms with Crippen LogP contribution in [-0.4, -0.2) is 10.9 Å². The predicted molar refractivity (Wildman–Crippen MR) is 73.4 cm³/mol. The summed E-state index contributed by atoms with van der Waals surface area (Å²) in [4.78, 5) is 16.0. The molecule has 0 atom stereocenters. The third-order valence-electron chi connectivity index (χ3n) is 3.61. The van der Waals surface area contributed by atoms with Crippen molar-refractivity contribution in [3.8, 4) is 6.07 Å². The first-order chi connectivity index (χ1) is 9.28. The Bertz CT molecular complexity index is 453. The molecule has 0 saturated heterocycles. The molecule has 0 radical (unpaired) electrons. The molecule has 4 heteroatoms. The number of aromatic nitrogens is 1. The molecule has 0 bridgehead atoms. The molecule has 2 rings (SSSR count). The van der Waals surface area contributed by atoms with Crippen molar-refractivity contribution in [3.63, 3.8) is 0 Å². The van der Waals surface area contributed by atoms with E-state index in [0.29, 0.717) is 23.7 Å². The molecular formula is C15H19N3O. The van der Waals surface area contributed by atoms with Gasteiger partial charge in [0.1, 0.15) is 11.9 Å². The first-order valence-corrected chi connectivity index (χ1v) is 6.94. The van der Waals surface area contributed by atoms with E-state index in [4.69, 9.17) is 5.26 Å². The molecule has 1 saturated carbocycles. The van der Waals surface area contributed by atoms with Crippen LogP contribution in [0.1, 0.15) is 50.5 Å². The topological polar surface area (TPSA) is 65.8 Å². The van der Waals surface area contributed by atoms with Gasteiger partial charge in [-0.3, -0.25) is 4.79 Å². The summed E-state index contributed by atoms with van der Waals surface area (Å²) >= 11 is 0. The van der Waals surface area contributed by atoms with E-state index < -0.39 is 0 Å². The third kappa shape index (κ3) is 4.36. The molecule has 1 aromatic rings. The molecule has 0 aliphatic heterocycles. The Kier molecular flexibility index (Phi) is 4.91. The van der Waals surface area contributed by atoms with Crippen molar-refractivity contribution >= 4 is 11.7 Å². The number of anilines is 1. The highest BCUT2D eigenvalue weighted by Gasteiger charge is 2.16. The van der Waals surface area contributed by atoms with E-state index in [2.05, 4.69) is 10.3 Å². The highest BCUT2D eigenvalue weighted by Crippen LogP contribution is 2.25. The van der Waals surface area contributed by atoms with Gasteiger partial charge in [-0.25, -0.2) is 4.98 Å². The SMILES string of the molecule is N#Cc1ccc(NC(=O)CC2CCCCCC2)nc1. The standard InChI is InChI=1S/C15H19N3O/c16-10-13-7-8-14(17-11-13)18-15(19)9-12-5-3-1-2-4-6-12/h7-8,11-12H,1-6,9H2,(H,17,18,19). The number of amides is 1. The highest BCUT2D eigenvalue weighted by molar-refractivity contribution is 5.89. The van der Waals surface area contributed by atoms with Gasteiger partial charge in [0.2, 0.25) is 5.91 Å². The number of rotatable bonds is 3. The molecule has 1 N–H and O–H groups in total. The second-order valence-electron chi connectivity index (χ2n) is 5.15. The van der Waals surface area contributed by atoms with E-state index in [0.717, 1.165) is 12.8 Å². The molecule has 1 heterocycles. The lowest BCUT2D eigenvalue weighted by Crippen LogP contribution is -2.17. The average molecular weight is 257 g/mol. The van der Waals surface area contributed by atoms with Gasteiger partial charge >= 0.3 is 0 Å². The first-order valence-electron chi connectivity index (χ1n) is 6.94. The summed E-state index contributed by atoms with van der Waals surface area (Å²) in [5.41, 5.74) is 0.502. The van der Waals surface area contributed by atoms with Crippen molar-refractivity contribution in [2.45, 2.75) is 44.9 Å². The number of carbonyl (C=O) groups excluding carboxylic acids is 1. The monoisotopic (exact) mass is 257 g/mol. The van der Waals surface area contributed by atoms with E-state index in [-0.39, 0.29) is 5.91 Å². The molecular weight excluding hydrogens is 238 g/mol. The first kappa shape index (κ1) is 13.5. The maximum absolute atomic E-state index is 11.9. The Morgan fingerprint density at radius 3 is 2.63 bits per heavy atom. The van der Waals surface area contributed by atoms with Crippen LogP contribution >= 0.6 is 0 Å². The lowest BCUT2D eigenvalue weighted by atomic mass is 9.96. The maximum atomic E-state index is 11.9. The van der Waals surface area contributed by atoms with Crippen LogP contribution in [0.4, 0.5) is 5.82 Å². The molecule has 1 aromatic heterocycles. The Morgan fingerprint density at radius 1 is 1.32 bits per heavy atom. The van der Waals surface area contributed by atoms with Crippen molar-refractivity contribution < 1.29 is 4.79 Å². The highest BCUT2D eigenvalue weighted by atomic mass is 16.1. The van der Waals surface area contributed by atoms with E-state index in [9.17, 15) is 4.79 Å². The number of carbonyl (C=O) groups is 1. The molecule has 0 aromatic carbocycles. The van der Waals surface area contributed by atoms with Crippen LogP contribution in [0.25, 0.3) is 0 Å². The quantitative estimate of drug-likeness (QED) is 0.845. The Hall–Kier alpha value is -1.89. The van der Waals surface area contributed by atoms with Gasteiger partial charge in [-0.15, -0.1) is 0 Å². The third-order valence-corrected chi connectivity index (χ3v) is 3.61. The Morgan fingerprint density at radius 2 is 2.05 bits per heavy atom. The minimum absolute atomic E-state index is 0.0316. The molecule has 1 aliphatic rings. The molecule has 0 spiro atoms. The molecule has 4 nitrogen and oxygen atoms in total. The maximum Gasteiger partial charge on any atom is 0.225 e. The summed E-state index contributed by atoms with van der Waals surface area (Å²) in [6, 6.07) is 5.34. The fraction of sp³-hybridized carbons (Fsp3) is 0.533. The van der Waals surface area contributed by atoms with Gasteiger partial charge in [-0.05, 0) is 30.9 Å². The fourth-order valence-corrected chi connectivity index (χ4v) is 2.56. The Labute approximate surface area is 113 Å². The zero-order chi connectivity index (χ0) is 13.5. The minimum Gasteiger partial charge on any atom is -0.311 e. The second-order valence-corrected chi connectivity index (χ2v) is 5.15. The lowest BCUT2D eigenvalue weighted by Gasteiger charge is -2.13. The van der Waals surface area contributed by atoms with Crippen molar-refractivity contribution in [2.24, 2.45) is 5.92 Å². The minimum atomic E-state index is 0.0316. The average Bonchev–Trinajstić information content (AvgIpc) is 2.68. The van der Waals surface area contributed by atoms with Crippen LogP contribution in [-0.2, 0) is 4.79 Å². The number of nitriles is 1. The summed E-state index contributed by atoms with van der Waals surface area (Å²) in [6.07, 6.45) is 9.47. The lowest BCUT2D eigenvalue weighted by molar-refractivity contribution is -0.117. The summed E-state index contributed by atoms with van der Waals surface area (Å²) < 4.78 is 0. The summed E-state index contributed by atoms with van der Waals surface area (Å²) in [6.45, 7) is 0. The van der Waals surface area contributed by atoms with E-state index in [1.165, 1.54) is 31.9 Å². The van der Waals surface area contributed by atoms with Crippen LogP contribution in [0, 0.1) is 17.2 Å². The fourth-order valence-electron chi connectivity index (χ4n) is 2.56. The normalized spacial score (nSPS) is 16.4. The summed E-state index contributed by atoms with van der Waals surface area (Å²) in [7, 11) is 0. The summed E-state index contributed by atoms with van der Waals surface area (Å²) in [5.74, 6) is 1.07. The Balaban J connectivity index is 1.84. The molecule has 0 unspecified atom stereocenters. The van der Waals surface area contributed by atoms with Crippen LogP contribution in [0.15, 0.2) is 18.3 Å². The van der Waals surface area contributed by atoms with Gasteiger partial charge in [0.15, 0.2) is 0 Å². The van der Waals surface area contributed by atoms with Crippen LogP contribution in [0.3, 0.4) is 0 Å². The van der Waals surface area contributed by atoms with Gasteiger partial charge in [-0.2, -0.15) is 5.26 Å². The number of nitrogens with one attached hydrogen (secondary N) is 1. The predicted octanol–water partition coefficient (Wildman–Crippen LogP) is 3.25.